The summed E-state index contributed by atoms with van der Waals surface area (Å²) in [5.74, 6) is -0.877. The van der Waals surface area contributed by atoms with Crippen molar-refractivity contribution in [1.82, 2.24) is 4.98 Å². The number of H-pyrrole nitrogens is 2. The van der Waals surface area contributed by atoms with Gasteiger partial charge in [-0.15, -0.1) is 0 Å². The van der Waals surface area contributed by atoms with E-state index < -0.39 is 41.4 Å². The van der Waals surface area contributed by atoms with E-state index in [-0.39, 0.29) is 70.2 Å². The molecule has 0 spiro atoms. The molecule has 3 N–H and O–H groups in total. The molecule has 5 aromatic carbocycles. The number of esters is 4. The second kappa shape index (κ2) is 27.2. The first-order chi connectivity index (χ1) is 40.5. The molecule has 87 heavy (non-hydrogen) atoms. The van der Waals surface area contributed by atoms with Crippen LogP contribution in [-0.2, 0) is 32.0 Å². The summed E-state index contributed by atoms with van der Waals surface area (Å²) < 4.78 is 41.1. The molecule has 6 heterocycles. The molecule has 18 nitrogen and oxygen atoms in total. The standard InChI is InChI=1S/2C23H21NO5.C15H14O3.C6H5NO2.2ClH/c1-14(25)27-21-18-8-11-23(2,3)29-19(18)16-6-4-5-7-17(16)20(21)28-22(26)15-9-12-24-13-10-15;1-14(25)27-20-17-7-5-4-6-16(17)19-18(8-11-23(2,3)29-19)21(20)28-22(26)15-9-12-24-13-10-15;1-15(2)8-7-11-13(17)12(16)9-5-3-4-6-10(9)14(11)18-15;8-6(9)5-1-3-7-4-2-5;;/h2*4-7,9-10,12-13H,8,11H2,1-3H3;3-6H,7-8H2,1-2H3;1-4H,(H,8,9);2*1H. The predicted octanol–water partition coefficient (Wildman–Crippen LogP) is 5.34. The van der Waals surface area contributed by atoms with Crippen molar-refractivity contribution in [3.63, 3.8) is 0 Å². The molecule has 0 radical (unpaired) electrons. The van der Waals surface area contributed by atoms with Crippen molar-refractivity contribution in [2.24, 2.45) is 0 Å². The monoisotopic (exact) mass is 1220 g/mol. The zero-order valence-electron chi connectivity index (χ0n) is 49.0. The molecule has 0 unspecified atom stereocenters. The summed E-state index contributed by atoms with van der Waals surface area (Å²) in [5, 5.41) is 11.3. The lowest BCUT2D eigenvalue weighted by molar-refractivity contribution is -0.378. The van der Waals surface area contributed by atoms with E-state index in [9.17, 15) is 33.6 Å². The molecule has 3 aliphatic heterocycles. The van der Waals surface area contributed by atoms with E-state index in [1.807, 2.05) is 102 Å². The molecular formula is C67H63Cl2N3O15. The number of ether oxygens (including phenoxy) is 7. The number of aromatic nitrogens is 3. The number of halogens is 2. The summed E-state index contributed by atoms with van der Waals surface area (Å²) in [6, 6.07) is 31.5. The van der Waals surface area contributed by atoms with E-state index in [2.05, 4.69) is 15.0 Å². The van der Waals surface area contributed by atoms with Gasteiger partial charge in [0.1, 0.15) is 34.1 Å². The predicted molar refractivity (Wildman–Crippen MR) is 311 cm³/mol. The van der Waals surface area contributed by atoms with Crippen LogP contribution in [0.5, 0.6) is 34.5 Å². The van der Waals surface area contributed by atoms with Crippen LogP contribution >= 0.6 is 0 Å². The number of hydrogen-bond donors (Lipinski definition) is 1. The number of aromatic carboxylic acids is 1. The van der Waals surface area contributed by atoms with E-state index in [1.54, 1.807) is 61.2 Å². The Morgan fingerprint density at radius 2 is 0.862 bits per heavy atom. The molecular weight excluding hydrogens is 1160 g/mol. The van der Waals surface area contributed by atoms with Crippen LogP contribution in [0.3, 0.4) is 0 Å². The molecule has 0 amide bonds. The van der Waals surface area contributed by atoms with Gasteiger partial charge >= 0.3 is 29.8 Å². The number of carbonyl (C=O) groups excluding carboxylic acids is 6. The maximum absolute atomic E-state index is 12.8. The highest BCUT2D eigenvalue weighted by molar-refractivity contribution is 6.52. The second-order valence-corrected chi connectivity index (χ2v) is 22.2. The van der Waals surface area contributed by atoms with Gasteiger partial charge in [-0.1, -0.05) is 72.8 Å². The Kier molecular flexibility index (Phi) is 20.4. The number of carboxylic acid groups (broad SMARTS) is 1. The highest BCUT2D eigenvalue weighted by atomic mass is 35.5. The maximum atomic E-state index is 12.8. The van der Waals surface area contributed by atoms with Crippen LogP contribution in [0, 0.1) is 0 Å². The Balaban J connectivity index is 0.000000175. The molecule has 3 aromatic heterocycles. The van der Waals surface area contributed by atoms with Gasteiger partial charge in [0.05, 0.1) is 16.7 Å². The summed E-state index contributed by atoms with van der Waals surface area (Å²) in [6.07, 6.45) is 13.6. The zero-order valence-corrected chi connectivity index (χ0v) is 50.5. The number of carboxylic acids is 1. The zero-order chi connectivity index (χ0) is 60.8. The van der Waals surface area contributed by atoms with Crippen LogP contribution in [0.1, 0.15) is 139 Å². The van der Waals surface area contributed by atoms with Crippen LogP contribution in [0.4, 0.5) is 0 Å². The molecule has 4 aliphatic rings. The van der Waals surface area contributed by atoms with E-state index in [0.29, 0.717) is 69.6 Å². The van der Waals surface area contributed by atoms with Gasteiger partial charge in [-0.2, -0.15) is 0 Å². The number of aromatic amines is 2. The van der Waals surface area contributed by atoms with Gasteiger partial charge in [0.25, 0.3) is 0 Å². The number of benzene rings is 5. The van der Waals surface area contributed by atoms with Gasteiger partial charge in [0.15, 0.2) is 47.8 Å². The summed E-state index contributed by atoms with van der Waals surface area (Å²) in [5.41, 5.74) is 3.28. The largest absolute Gasteiger partial charge is 1.00 e. The first kappa shape index (κ1) is 65.0. The van der Waals surface area contributed by atoms with Crippen molar-refractivity contribution in [3.8, 4) is 34.5 Å². The fraction of sp³-hybridized carbons (Fsp3) is 0.254. The first-order valence-corrected chi connectivity index (χ1v) is 27.5. The third kappa shape index (κ3) is 14.9. The number of nitrogens with one attached hydrogen (secondary N) is 2. The van der Waals surface area contributed by atoms with Crippen LogP contribution in [0.15, 0.2) is 152 Å². The van der Waals surface area contributed by atoms with Gasteiger partial charge < -0.3 is 63.1 Å². The number of pyridine rings is 3. The fourth-order valence-electron chi connectivity index (χ4n) is 10.1. The molecule has 8 aromatic rings. The molecule has 450 valence electrons. The van der Waals surface area contributed by atoms with Crippen LogP contribution < -0.4 is 63.2 Å². The third-order valence-corrected chi connectivity index (χ3v) is 14.3. The Bertz CT molecular complexity index is 3980. The maximum Gasteiger partial charge on any atom is 0.344 e. The molecule has 0 fully saturated rings. The highest BCUT2D eigenvalue weighted by Gasteiger charge is 2.40. The fourth-order valence-corrected chi connectivity index (χ4v) is 10.1. The molecule has 0 saturated heterocycles. The minimum Gasteiger partial charge on any atom is -1.00 e. The topological polar surface area (TPSA) is 246 Å². The molecule has 0 bridgehead atoms. The Hall–Kier alpha value is -9.52. The van der Waals surface area contributed by atoms with Crippen LogP contribution in [-0.4, -0.2) is 68.3 Å². The Morgan fingerprint density at radius 1 is 0.471 bits per heavy atom. The van der Waals surface area contributed by atoms with Crippen molar-refractivity contribution in [1.29, 1.82) is 0 Å². The summed E-state index contributed by atoms with van der Waals surface area (Å²) in [7, 11) is 0. The van der Waals surface area contributed by atoms with Crippen LogP contribution in [0.2, 0.25) is 0 Å². The number of fused-ring (bicyclic) bond motifs is 8. The minimum absolute atomic E-state index is 0. The summed E-state index contributed by atoms with van der Waals surface area (Å²) in [6.45, 7) is 14.8. The SMILES string of the molecule is CC(=O)Oc1c(OC(=O)c2cc[nH+]cc2)c2c(c3ccccc13)OC(C)(C)CC2.CC(=O)Oc1c2c(c3ccccc3c1OC(=O)c1cc[nH+]cc1)OC(C)(C)CC2.CC1(C)CCC2=C(O1)c1ccccc1C(=O)C2=O.O=C(O)c1ccncc1.[Cl-].[Cl-]. The number of hydrogen-bond acceptors (Lipinski definition) is 15. The van der Waals surface area contributed by atoms with Crippen molar-refractivity contribution >= 4 is 68.7 Å². The van der Waals surface area contributed by atoms with Crippen molar-refractivity contribution in [2.45, 2.75) is 111 Å². The van der Waals surface area contributed by atoms with E-state index in [4.69, 9.17) is 38.3 Å². The molecule has 20 heteroatoms. The average molecular weight is 1220 g/mol. The summed E-state index contributed by atoms with van der Waals surface area (Å²) >= 11 is 0. The molecule has 0 saturated carbocycles. The number of ketones is 2. The van der Waals surface area contributed by atoms with Crippen LogP contribution in [0.25, 0.3) is 27.3 Å². The lowest BCUT2D eigenvalue weighted by Gasteiger charge is -2.36. The van der Waals surface area contributed by atoms with Gasteiger partial charge in [-0.25, -0.2) is 24.4 Å². The third-order valence-electron chi connectivity index (χ3n) is 14.3. The number of allylic oxidation sites excluding steroid dienone is 1. The first-order valence-electron chi connectivity index (χ1n) is 27.5. The normalized spacial score (nSPS) is 15.0. The summed E-state index contributed by atoms with van der Waals surface area (Å²) in [4.78, 5) is 92.9. The van der Waals surface area contributed by atoms with Gasteiger partial charge in [0, 0.05) is 99.9 Å². The second-order valence-electron chi connectivity index (χ2n) is 22.2. The average Bonchev–Trinajstić information content (AvgIpc) is 2.00. The number of rotatable bonds is 7. The van der Waals surface area contributed by atoms with Gasteiger partial charge in [0.2, 0.25) is 11.6 Å². The number of Topliss-reactive ketones (excluding diaryl/α,β-unsaturated/α-hetero) is 2. The van der Waals surface area contributed by atoms with Gasteiger partial charge in [-0.3, -0.25) is 24.2 Å². The van der Waals surface area contributed by atoms with Crippen molar-refractivity contribution in [3.05, 3.63) is 191 Å². The number of carbonyl (C=O) groups is 7. The lowest BCUT2D eigenvalue weighted by atomic mass is 9.82. The van der Waals surface area contributed by atoms with E-state index in [0.717, 1.165) is 46.7 Å². The van der Waals surface area contributed by atoms with E-state index >= 15 is 0 Å². The quantitative estimate of drug-likeness (QED) is 0.120. The molecule has 0 atom stereocenters. The Morgan fingerprint density at radius 3 is 1.32 bits per heavy atom. The van der Waals surface area contributed by atoms with Gasteiger partial charge in [-0.05, 0) is 92.2 Å². The van der Waals surface area contributed by atoms with Crippen molar-refractivity contribution < 1.29 is 107 Å². The van der Waals surface area contributed by atoms with E-state index in [1.165, 1.54) is 38.4 Å². The minimum atomic E-state index is -0.919. The lowest BCUT2D eigenvalue weighted by Crippen LogP contribution is -3.00. The highest BCUT2D eigenvalue weighted by Crippen LogP contribution is 2.52. The smallest absolute Gasteiger partial charge is 0.344 e. The molecule has 12 rings (SSSR count). The Labute approximate surface area is 514 Å². The van der Waals surface area contributed by atoms with Crippen molar-refractivity contribution in [2.75, 3.05) is 0 Å². The number of nitrogens with zero attached hydrogens (tertiary/aromatic N) is 1. The molecule has 1 aliphatic carbocycles.